The Morgan fingerprint density at radius 1 is 0.219 bits per heavy atom. The summed E-state index contributed by atoms with van der Waals surface area (Å²) in [5.41, 5.74) is 2.72. The minimum atomic E-state index is -0.0307. The third kappa shape index (κ3) is 10.7. The first-order valence-electron chi connectivity index (χ1n) is 29.7. The molecular formula is C72H42N16O8. The molecule has 11 aromatic heterocycles. The number of nitrogens with zero attached hydrogens (tertiary/aromatic N) is 14. The summed E-state index contributed by atoms with van der Waals surface area (Å²) in [6, 6.07) is 43.2. The van der Waals surface area contributed by atoms with Crippen molar-refractivity contribution in [3.05, 3.63) is 245 Å². The number of hydrogen-bond acceptors (Lipinski definition) is 22. The van der Waals surface area contributed by atoms with Crippen molar-refractivity contribution in [3.63, 3.8) is 0 Å². The highest BCUT2D eigenvalue weighted by Gasteiger charge is 2.39. The normalized spacial score (nSPS) is 11.3. The van der Waals surface area contributed by atoms with E-state index in [1.807, 2.05) is 48.5 Å². The molecule has 458 valence electrons. The van der Waals surface area contributed by atoms with Gasteiger partial charge in [-0.05, 0) is 97.1 Å². The molecule has 0 fully saturated rings. The molecule has 0 aliphatic carbocycles. The molecule has 0 spiro atoms. The van der Waals surface area contributed by atoms with Crippen LogP contribution in [0.1, 0.15) is 0 Å². The van der Waals surface area contributed by atoms with E-state index < -0.39 is 0 Å². The predicted molar refractivity (Wildman–Crippen MR) is 351 cm³/mol. The molecule has 2 aliphatic heterocycles. The first kappa shape index (κ1) is 55.9. The number of rotatable bonds is 16. The summed E-state index contributed by atoms with van der Waals surface area (Å²) in [4.78, 5) is 75.4. The van der Waals surface area contributed by atoms with Crippen LogP contribution in [0, 0.1) is 0 Å². The van der Waals surface area contributed by atoms with E-state index in [2.05, 4.69) is 49.8 Å². The molecule has 0 radical (unpaired) electrons. The second-order valence-electron chi connectivity index (χ2n) is 21.2. The van der Waals surface area contributed by atoms with Gasteiger partial charge in [-0.1, -0.05) is 48.5 Å². The second-order valence-corrected chi connectivity index (χ2v) is 21.2. The molecule has 13 heterocycles. The minimum absolute atomic E-state index is 0.000786. The number of benzene rings is 4. The van der Waals surface area contributed by atoms with Crippen LogP contribution >= 0.6 is 0 Å². The van der Waals surface area contributed by atoms with E-state index in [4.69, 9.17) is 67.8 Å². The molecule has 0 saturated heterocycles. The first-order valence-corrected chi connectivity index (χ1v) is 29.7. The summed E-state index contributed by atoms with van der Waals surface area (Å²) < 4.78 is 56.8. The van der Waals surface area contributed by atoms with Crippen LogP contribution in [0.3, 0.4) is 0 Å². The van der Waals surface area contributed by atoms with Crippen molar-refractivity contribution in [1.82, 2.24) is 79.7 Å². The van der Waals surface area contributed by atoms with Crippen LogP contribution in [0.4, 0.5) is 0 Å². The Hall–Kier alpha value is -14.2. The van der Waals surface area contributed by atoms with Gasteiger partial charge >= 0.3 is 0 Å². The summed E-state index contributed by atoms with van der Waals surface area (Å²) in [6.07, 6.45) is 25.4. The first-order chi connectivity index (χ1) is 47.6. The molecule has 96 heavy (non-hydrogen) atoms. The van der Waals surface area contributed by atoms with Crippen LogP contribution in [-0.4, -0.2) is 79.7 Å². The van der Waals surface area contributed by atoms with Crippen molar-refractivity contribution in [2.75, 3.05) is 0 Å². The molecule has 2 aliphatic rings. The molecule has 17 rings (SSSR count). The number of pyridine rings is 8. The zero-order valence-corrected chi connectivity index (χ0v) is 49.6. The van der Waals surface area contributed by atoms with Crippen molar-refractivity contribution in [1.29, 1.82) is 0 Å². The number of fused-ring (bicyclic) bond motifs is 20. The Bertz CT molecular complexity index is 5610. The smallest absolute Gasteiger partial charge is 0.217 e. The van der Waals surface area contributed by atoms with E-state index in [0.29, 0.717) is 50.9 Å². The fraction of sp³-hybridized carbons (Fsp3) is 0. The fourth-order valence-corrected chi connectivity index (χ4v) is 10.9. The van der Waals surface area contributed by atoms with Gasteiger partial charge < -0.3 is 47.9 Å². The molecule has 0 saturated carbocycles. The average molecular weight is 1260 g/mol. The third-order valence-corrected chi connectivity index (χ3v) is 15.0. The van der Waals surface area contributed by atoms with Gasteiger partial charge in [0.15, 0.2) is 46.3 Å². The summed E-state index contributed by atoms with van der Waals surface area (Å²) in [7, 11) is 0. The van der Waals surface area contributed by atoms with Crippen molar-refractivity contribution in [2.45, 2.75) is 0 Å². The lowest BCUT2D eigenvalue weighted by molar-refractivity contribution is 0.366. The Kier molecular flexibility index (Phi) is 14.1. The van der Waals surface area contributed by atoms with Gasteiger partial charge in [0.2, 0.25) is 23.0 Å². The van der Waals surface area contributed by atoms with Crippen molar-refractivity contribution in [3.8, 4) is 138 Å². The highest BCUT2D eigenvalue weighted by Crippen LogP contribution is 2.62. The van der Waals surface area contributed by atoms with Gasteiger partial charge in [0.25, 0.3) is 0 Å². The van der Waals surface area contributed by atoms with Gasteiger partial charge in [-0.2, -0.15) is 0 Å². The molecule has 2 N–H and O–H groups in total. The van der Waals surface area contributed by atoms with Crippen LogP contribution in [0.25, 0.3) is 89.7 Å². The van der Waals surface area contributed by atoms with Gasteiger partial charge in [0.1, 0.15) is 68.6 Å². The Labute approximate surface area is 541 Å². The molecular weight excluding hydrogens is 1220 g/mol. The number of aromatic amines is 2. The zero-order valence-electron chi connectivity index (χ0n) is 49.6. The molecule has 24 nitrogen and oxygen atoms in total. The van der Waals surface area contributed by atoms with E-state index in [-0.39, 0.29) is 125 Å². The largest absolute Gasteiger partial charge is 0.451 e. The molecule has 15 aromatic rings. The Morgan fingerprint density at radius 2 is 0.469 bits per heavy atom. The van der Waals surface area contributed by atoms with Gasteiger partial charge in [0, 0.05) is 71.5 Å². The van der Waals surface area contributed by atoms with Gasteiger partial charge in [-0.15, -0.1) is 0 Å². The van der Waals surface area contributed by atoms with Crippen molar-refractivity contribution < 1.29 is 37.9 Å². The Morgan fingerprint density at radius 3 is 0.792 bits per heavy atom. The van der Waals surface area contributed by atoms with Crippen LogP contribution in [-0.2, 0) is 0 Å². The van der Waals surface area contributed by atoms with E-state index in [9.17, 15) is 0 Å². The number of hydrogen-bond donors (Lipinski definition) is 2. The summed E-state index contributed by atoms with van der Waals surface area (Å²) >= 11 is 0. The Balaban J connectivity index is 1.10. The molecule has 24 heteroatoms. The third-order valence-electron chi connectivity index (χ3n) is 15.0. The number of H-pyrrole nitrogens is 2. The summed E-state index contributed by atoms with van der Waals surface area (Å²) in [5.74, 6) is 2.98. The maximum atomic E-state index is 7.18. The van der Waals surface area contributed by atoms with E-state index >= 15 is 0 Å². The number of ether oxygens (including phenoxy) is 8. The lowest BCUT2D eigenvalue weighted by atomic mass is 10.0. The molecule has 0 atom stereocenters. The van der Waals surface area contributed by atoms with Crippen LogP contribution in [0.2, 0.25) is 0 Å². The minimum Gasteiger partial charge on any atom is -0.451 e. The molecule has 4 aromatic carbocycles. The van der Waals surface area contributed by atoms with E-state index in [0.717, 1.165) is 5.39 Å². The maximum absolute atomic E-state index is 7.18. The second kappa shape index (κ2) is 24.2. The van der Waals surface area contributed by atoms with Crippen molar-refractivity contribution in [2.24, 2.45) is 0 Å². The van der Waals surface area contributed by atoms with Gasteiger partial charge in [-0.3, -0.25) is 39.9 Å². The fourth-order valence-electron chi connectivity index (χ4n) is 10.9. The molecule has 0 amide bonds. The van der Waals surface area contributed by atoms with Crippen LogP contribution in [0.15, 0.2) is 245 Å². The monoisotopic (exact) mass is 1260 g/mol. The predicted octanol–water partition coefficient (Wildman–Crippen LogP) is 16.4. The quantitative estimate of drug-likeness (QED) is 0.0908. The van der Waals surface area contributed by atoms with Gasteiger partial charge in [-0.25, -0.2) is 29.9 Å². The highest BCUT2D eigenvalue weighted by molar-refractivity contribution is 6.15. The molecule has 0 unspecified atom stereocenters. The lowest BCUT2D eigenvalue weighted by Gasteiger charge is -2.22. The average Bonchev–Trinajstić information content (AvgIpc) is 1.48. The zero-order chi connectivity index (χ0) is 63.7. The maximum Gasteiger partial charge on any atom is 0.217 e. The SMILES string of the molecule is c1cncc(Oc2c(Oc3cccnc3)c(Oc3cccnc3)c3c(c2Oc2cccnc2)-c2nc-3nc3[nH]c(nc4nc(nc5[nH]c(n2)c2ccccc52)-c2ccccc2-4)c2c(Oc4cccnc4)c(Oc4cccnc4)c(Oc4cccnc4)c(Oc4cccnc4)c32)c1. The standard InChI is InChI=1S/C72H42N16O8/c1-3-23-51-49(21-1)65-81-66-50-22-2-4-24-52(50)68(83-66)85-70-54-56(60(92-44-16-8-28-76-36-44)64(96-48-20-12-32-80-40-48)62(94-46-18-10-30-78-38-46)58(54)90-42-14-6-26-74-34-42)72(87-70)88-71-55-53(69(86-71)84-67(51)82-65)57(89-41-13-5-25-73-33-41)61(93-45-17-9-29-77-37-45)63(95-47-19-11-31-79-39-47)59(55)91-43-15-7-27-75-35-43/h1-40H,(H2,81,82,83,84,85,86,87,88). The summed E-state index contributed by atoms with van der Waals surface area (Å²) in [6.45, 7) is 0. The lowest BCUT2D eigenvalue weighted by Crippen LogP contribution is -2.02. The number of aromatic nitrogens is 16. The number of nitrogens with one attached hydrogen (secondary N) is 2. The topological polar surface area (TPSA) is 286 Å². The van der Waals surface area contributed by atoms with Gasteiger partial charge in [0.05, 0.1) is 71.5 Å². The summed E-state index contributed by atoms with van der Waals surface area (Å²) in [5, 5.41) is 1.85. The van der Waals surface area contributed by atoms with E-state index in [1.165, 1.54) is 0 Å². The highest BCUT2D eigenvalue weighted by atomic mass is 16.6. The van der Waals surface area contributed by atoms with Crippen LogP contribution < -0.4 is 37.9 Å². The molecule has 8 bridgehead atoms. The van der Waals surface area contributed by atoms with Crippen LogP contribution in [0.5, 0.6) is 92.0 Å². The van der Waals surface area contributed by atoms with E-state index in [1.54, 1.807) is 196 Å². The van der Waals surface area contributed by atoms with Crippen molar-refractivity contribution >= 4 is 44.1 Å².